The van der Waals surface area contributed by atoms with Gasteiger partial charge in [-0.25, -0.2) is 0 Å². The molecule has 2 aliphatic rings. The lowest BCUT2D eigenvalue weighted by molar-refractivity contribution is 0.239. The molecule has 0 radical (unpaired) electrons. The Morgan fingerprint density at radius 3 is 2.67 bits per heavy atom. The molecule has 1 aliphatic carbocycles. The Morgan fingerprint density at radius 1 is 1.20 bits per heavy atom. The Kier molecular flexibility index (Phi) is 4.00. The monoisotopic (exact) mass is 211 g/mol. The van der Waals surface area contributed by atoms with Crippen LogP contribution in [-0.4, -0.2) is 61.7 Å². The zero-order valence-corrected chi connectivity index (χ0v) is 10.2. The van der Waals surface area contributed by atoms with Gasteiger partial charge in [-0.3, -0.25) is 4.90 Å². The summed E-state index contributed by atoms with van der Waals surface area (Å²) in [4.78, 5) is 5.31. The van der Waals surface area contributed by atoms with Crippen molar-refractivity contribution in [3.63, 3.8) is 0 Å². The van der Waals surface area contributed by atoms with Crippen LogP contribution >= 0.6 is 0 Å². The van der Waals surface area contributed by atoms with Crippen molar-refractivity contribution in [2.45, 2.75) is 38.3 Å². The quantitative estimate of drug-likeness (QED) is 0.741. The van der Waals surface area contributed by atoms with Crippen LogP contribution < -0.4 is 5.32 Å². The molecule has 0 aromatic heterocycles. The summed E-state index contributed by atoms with van der Waals surface area (Å²) >= 11 is 0. The van der Waals surface area contributed by atoms with E-state index in [2.05, 4.69) is 29.1 Å². The molecule has 88 valence electrons. The van der Waals surface area contributed by atoms with Gasteiger partial charge in [0.1, 0.15) is 0 Å². The van der Waals surface area contributed by atoms with Crippen molar-refractivity contribution < 1.29 is 0 Å². The third-order valence-corrected chi connectivity index (χ3v) is 3.71. The molecular formula is C12H25N3. The first-order chi connectivity index (χ1) is 7.29. The smallest absolute Gasteiger partial charge is 0.0163 e. The minimum atomic E-state index is 0.623. The molecule has 1 saturated carbocycles. The first kappa shape index (κ1) is 11.4. The van der Waals surface area contributed by atoms with Gasteiger partial charge in [0.2, 0.25) is 0 Å². The molecule has 1 heterocycles. The van der Waals surface area contributed by atoms with Crippen molar-refractivity contribution in [2.24, 2.45) is 0 Å². The van der Waals surface area contributed by atoms with Crippen LogP contribution in [0.5, 0.6) is 0 Å². The lowest BCUT2D eigenvalue weighted by atomic mass is 10.3. The van der Waals surface area contributed by atoms with Crippen molar-refractivity contribution >= 4 is 0 Å². The molecule has 3 heteroatoms. The number of nitrogens with zero attached hydrogens (tertiary/aromatic N) is 2. The third kappa shape index (κ3) is 3.44. The van der Waals surface area contributed by atoms with Crippen molar-refractivity contribution in [1.82, 2.24) is 15.1 Å². The van der Waals surface area contributed by atoms with E-state index in [1.807, 2.05) is 0 Å². The van der Waals surface area contributed by atoms with Gasteiger partial charge in [0.05, 0.1) is 0 Å². The molecule has 0 aromatic rings. The topological polar surface area (TPSA) is 18.5 Å². The fourth-order valence-corrected chi connectivity index (χ4v) is 2.46. The predicted octanol–water partition coefficient (Wildman–Crippen LogP) is 0.764. The molecule has 0 amide bonds. The average molecular weight is 211 g/mol. The summed E-state index contributed by atoms with van der Waals surface area (Å²) in [5, 5.41) is 3.32. The highest BCUT2D eigenvalue weighted by molar-refractivity contribution is 4.86. The van der Waals surface area contributed by atoms with Gasteiger partial charge in [-0.1, -0.05) is 0 Å². The Labute approximate surface area is 93.8 Å². The van der Waals surface area contributed by atoms with Gasteiger partial charge in [-0.15, -0.1) is 0 Å². The van der Waals surface area contributed by atoms with E-state index in [0.717, 1.165) is 6.04 Å². The van der Waals surface area contributed by atoms with Crippen LogP contribution in [0.25, 0.3) is 0 Å². The zero-order valence-electron chi connectivity index (χ0n) is 10.2. The number of hydrogen-bond donors (Lipinski definition) is 1. The summed E-state index contributed by atoms with van der Waals surface area (Å²) in [6, 6.07) is 1.57. The SMILES string of the molecule is CNC(C)CN1CCCN(C2CC2)CC1. The van der Waals surface area contributed by atoms with Crippen molar-refractivity contribution in [3.8, 4) is 0 Å². The standard InChI is InChI=1S/C12H25N3/c1-11(13-2)10-14-6-3-7-15(9-8-14)12-4-5-12/h11-13H,3-10H2,1-2H3. The summed E-state index contributed by atoms with van der Waals surface area (Å²) < 4.78 is 0. The van der Waals surface area contributed by atoms with Gasteiger partial charge in [-0.2, -0.15) is 0 Å². The third-order valence-electron chi connectivity index (χ3n) is 3.71. The van der Waals surface area contributed by atoms with Crippen LogP contribution in [0, 0.1) is 0 Å². The van der Waals surface area contributed by atoms with Gasteiger partial charge in [0.25, 0.3) is 0 Å². The van der Waals surface area contributed by atoms with Crippen molar-refractivity contribution in [3.05, 3.63) is 0 Å². The molecule has 0 spiro atoms. The van der Waals surface area contributed by atoms with Crippen LogP contribution in [0.2, 0.25) is 0 Å². The summed E-state index contributed by atoms with van der Waals surface area (Å²) in [5.74, 6) is 0. The largest absolute Gasteiger partial charge is 0.316 e. The molecule has 0 bridgehead atoms. The molecule has 0 aromatic carbocycles. The van der Waals surface area contributed by atoms with Crippen LogP contribution in [0.4, 0.5) is 0 Å². The number of hydrogen-bond acceptors (Lipinski definition) is 3. The van der Waals surface area contributed by atoms with Crippen LogP contribution in [0.1, 0.15) is 26.2 Å². The minimum absolute atomic E-state index is 0.623. The Bertz CT molecular complexity index is 191. The summed E-state index contributed by atoms with van der Waals surface area (Å²) in [7, 11) is 2.05. The summed E-state index contributed by atoms with van der Waals surface area (Å²) in [6.45, 7) is 8.65. The Hall–Kier alpha value is -0.120. The maximum Gasteiger partial charge on any atom is 0.0163 e. The number of rotatable bonds is 4. The Morgan fingerprint density at radius 2 is 2.00 bits per heavy atom. The van der Waals surface area contributed by atoms with Gasteiger partial charge >= 0.3 is 0 Å². The number of nitrogens with one attached hydrogen (secondary N) is 1. The molecule has 2 fully saturated rings. The Balaban J connectivity index is 1.73. The molecule has 1 aliphatic heterocycles. The van der Waals surface area contributed by atoms with E-state index in [1.165, 1.54) is 52.0 Å². The normalized spacial score (nSPS) is 27.6. The zero-order chi connectivity index (χ0) is 10.7. The highest BCUT2D eigenvalue weighted by Crippen LogP contribution is 2.27. The van der Waals surface area contributed by atoms with E-state index in [1.54, 1.807) is 0 Å². The average Bonchev–Trinajstić information content (AvgIpc) is 3.03. The maximum absolute atomic E-state index is 3.32. The molecule has 3 nitrogen and oxygen atoms in total. The fraction of sp³-hybridized carbons (Fsp3) is 1.00. The van der Waals surface area contributed by atoms with E-state index < -0.39 is 0 Å². The summed E-state index contributed by atoms with van der Waals surface area (Å²) in [6.07, 6.45) is 4.26. The van der Waals surface area contributed by atoms with Crippen LogP contribution in [-0.2, 0) is 0 Å². The van der Waals surface area contributed by atoms with Crippen LogP contribution in [0.15, 0.2) is 0 Å². The first-order valence-electron chi connectivity index (χ1n) is 6.43. The van der Waals surface area contributed by atoms with Gasteiger partial charge in [-0.05, 0) is 46.3 Å². The lowest BCUT2D eigenvalue weighted by Crippen LogP contribution is -2.39. The molecule has 15 heavy (non-hydrogen) atoms. The molecule has 1 N–H and O–H groups in total. The second kappa shape index (κ2) is 5.28. The van der Waals surface area contributed by atoms with E-state index in [0.29, 0.717) is 6.04 Å². The van der Waals surface area contributed by atoms with Gasteiger partial charge in [0.15, 0.2) is 0 Å². The van der Waals surface area contributed by atoms with Crippen LogP contribution in [0.3, 0.4) is 0 Å². The molecule has 1 saturated heterocycles. The molecule has 1 atom stereocenters. The van der Waals surface area contributed by atoms with E-state index in [4.69, 9.17) is 0 Å². The molecule has 1 unspecified atom stereocenters. The second-order valence-corrected chi connectivity index (χ2v) is 5.11. The predicted molar refractivity (Wildman–Crippen MR) is 64.2 cm³/mol. The maximum atomic E-state index is 3.32. The lowest BCUT2D eigenvalue weighted by Gasteiger charge is -2.24. The highest BCUT2D eigenvalue weighted by Gasteiger charge is 2.29. The fourth-order valence-electron chi connectivity index (χ4n) is 2.46. The van der Waals surface area contributed by atoms with E-state index in [9.17, 15) is 0 Å². The first-order valence-corrected chi connectivity index (χ1v) is 6.43. The molecular weight excluding hydrogens is 186 g/mol. The molecule has 2 rings (SSSR count). The minimum Gasteiger partial charge on any atom is -0.316 e. The van der Waals surface area contributed by atoms with E-state index >= 15 is 0 Å². The highest BCUT2D eigenvalue weighted by atomic mass is 15.2. The van der Waals surface area contributed by atoms with Crippen molar-refractivity contribution in [2.75, 3.05) is 39.8 Å². The summed E-state index contributed by atoms with van der Waals surface area (Å²) in [5.41, 5.74) is 0. The van der Waals surface area contributed by atoms with E-state index in [-0.39, 0.29) is 0 Å². The van der Waals surface area contributed by atoms with Crippen molar-refractivity contribution in [1.29, 1.82) is 0 Å². The second-order valence-electron chi connectivity index (χ2n) is 5.11. The van der Waals surface area contributed by atoms with Gasteiger partial charge in [0, 0.05) is 31.7 Å². The number of likely N-dealkylation sites (N-methyl/N-ethyl adjacent to an activating group) is 1. The van der Waals surface area contributed by atoms with Gasteiger partial charge < -0.3 is 10.2 Å².